The first kappa shape index (κ1) is 47.3. The van der Waals surface area contributed by atoms with E-state index in [0.29, 0.717) is 12.8 Å². The molecule has 3 atom stereocenters. The summed E-state index contributed by atoms with van der Waals surface area (Å²) < 4.78 is 32.5. The fraction of sp³-hybridized carbons (Fsp3) is 0.780. The molecular formula is C41H75NO6S. The van der Waals surface area contributed by atoms with Gasteiger partial charge in [0, 0.05) is 0 Å². The number of carbonyl (C=O) groups excluding carboxylic acids is 1. The fourth-order valence-electron chi connectivity index (χ4n) is 5.76. The average Bonchev–Trinajstić information content (AvgIpc) is 3.06. The number of unbranched alkanes of at least 4 members (excludes halogenated alkanes) is 21. The highest BCUT2D eigenvalue weighted by Gasteiger charge is 2.27. The summed E-state index contributed by atoms with van der Waals surface area (Å²) in [5, 5.41) is 23.3. The van der Waals surface area contributed by atoms with Crippen molar-refractivity contribution in [1.82, 2.24) is 5.32 Å². The van der Waals surface area contributed by atoms with Crippen molar-refractivity contribution >= 4 is 16.0 Å². The van der Waals surface area contributed by atoms with Crippen LogP contribution in [0.4, 0.5) is 0 Å². The molecule has 0 aliphatic rings. The van der Waals surface area contributed by atoms with E-state index in [0.717, 1.165) is 51.4 Å². The number of hydrogen-bond acceptors (Lipinski definition) is 5. The Labute approximate surface area is 302 Å². The lowest BCUT2D eigenvalue weighted by atomic mass is 10.0. The van der Waals surface area contributed by atoms with E-state index in [9.17, 15) is 28.0 Å². The highest BCUT2D eigenvalue weighted by Crippen LogP contribution is 2.13. The highest BCUT2D eigenvalue weighted by atomic mass is 32.2. The van der Waals surface area contributed by atoms with Crippen LogP contribution in [0.15, 0.2) is 48.6 Å². The van der Waals surface area contributed by atoms with Gasteiger partial charge < -0.3 is 15.5 Å². The van der Waals surface area contributed by atoms with Crippen molar-refractivity contribution in [2.75, 3.05) is 5.75 Å². The number of hydrogen-bond donors (Lipinski definition) is 4. The third kappa shape index (κ3) is 34.5. The maximum atomic E-state index is 12.6. The van der Waals surface area contributed by atoms with Gasteiger partial charge in [-0.3, -0.25) is 9.35 Å². The van der Waals surface area contributed by atoms with Gasteiger partial charge in [-0.25, -0.2) is 0 Å². The normalized spacial score (nSPS) is 14.5. The minimum atomic E-state index is -4.45. The van der Waals surface area contributed by atoms with Gasteiger partial charge in [-0.2, -0.15) is 8.42 Å². The summed E-state index contributed by atoms with van der Waals surface area (Å²) in [5.41, 5.74) is 0. The van der Waals surface area contributed by atoms with Crippen LogP contribution in [0.2, 0.25) is 0 Å². The van der Waals surface area contributed by atoms with Crippen LogP contribution >= 0.6 is 0 Å². The lowest BCUT2D eigenvalue weighted by molar-refractivity contribution is -0.130. The quantitative estimate of drug-likeness (QED) is 0.0225. The zero-order chi connectivity index (χ0) is 36.3. The van der Waals surface area contributed by atoms with Crippen LogP contribution in [0, 0.1) is 0 Å². The topological polar surface area (TPSA) is 124 Å². The van der Waals surface area contributed by atoms with E-state index in [2.05, 4.69) is 55.6 Å². The van der Waals surface area contributed by atoms with Gasteiger partial charge in [0.15, 0.2) is 0 Å². The molecule has 7 nitrogen and oxygen atoms in total. The molecule has 0 rings (SSSR count). The van der Waals surface area contributed by atoms with Gasteiger partial charge in [0.05, 0.1) is 17.9 Å². The van der Waals surface area contributed by atoms with Crippen molar-refractivity contribution in [2.45, 2.75) is 199 Å². The van der Waals surface area contributed by atoms with Crippen molar-refractivity contribution in [2.24, 2.45) is 0 Å². The molecular weight excluding hydrogens is 635 g/mol. The monoisotopic (exact) mass is 710 g/mol. The van der Waals surface area contributed by atoms with Gasteiger partial charge in [-0.15, -0.1) is 0 Å². The van der Waals surface area contributed by atoms with E-state index in [4.69, 9.17) is 0 Å². The van der Waals surface area contributed by atoms with E-state index in [-0.39, 0.29) is 6.42 Å². The molecule has 0 bridgehead atoms. The summed E-state index contributed by atoms with van der Waals surface area (Å²) in [6, 6.07) is -1.26. The Balaban J connectivity index is 4.15. The second kappa shape index (κ2) is 34.7. The fourth-order valence-corrected chi connectivity index (χ4v) is 6.49. The number of nitrogens with one attached hydrogen (secondary N) is 1. The second-order valence-electron chi connectivity index (χ2n) is 13.7. The maximum Gasteiger partial charge on any atom is 0.267 e. The standard InChI is InChI=1S/C41H75NO6S/c1-3-5-7-9-11-13-15-17-19-20-21-22-24-25-27-29-31-33-35-39(43)38(37-49(46,47)48)42-41(45)40(44)36-34-32-30-28-26-23-18-16-14-12-10-8-6-4-2/h12,14,16,18,25,27,33,35,38-40,43-44H,3-11,13,15,17,19-24,26,28-32,34,36-37H2,1-2H3,(H,42,45)(H,46,47,48)/b14-12-,18-16-,27-25+,35-33+. The highest BCUT2D eigenvalue weighted by molar-refractivity contribution is 7.85. The Morgan fingerprint density at radius 2 is 0.980 bits per heavy atom. The second-order valence-corrected chi connectivity index (χ2v) is 15.2. The molecule has 0 aliphatic heterocycles. The maximum absolute atomic E-state index is 12.6. The molecule has 0 aromatic heterocycles. The minimum absolute atomic E-state index is 0.255. The molecule has 49 heavy (non-hydrogen) atoms. The van der Waals surface area contributed by atoms with Gasteiger partial charge in [-0.05, 0) is 57.8 Å². The van der Waals surface area contributed by atoms with Crippen molar-refractivity contribution < 1.29 is 28.0 Å². The molecule has 0 saturated heterocycles. The minimum Gasteiger partial charge on any atom is -0.387 e. The molecule has 0 fully saturated rings. The smallest absolute Gasteiger partial charge is 0.267 e. The van der Waals surface area contributed by atoms with E-state index in [1.54, 1.807) is 6.08 Å². The Hall–Kier alpha value is -1.74. The van der Waals surface area contributed by atoms with Crippen molar-refractivity contribution in [3.05, 3.63) is 48.6 Å². The molecule has 0 aromatic carbocycles. The van der Waals surface area contributed by atoms with Crippen LogP contribution in [-0.2, 0) is 14.9 Å². The molecule has 0 radical (unpaired) electrons. The Bertz CT molecular complexity index is 974. The first-order valence-electron chi connectivity index (χ1n) is 20.0. The lowest BCUT2D eigenvalue weighted by Gasteiger charge is -2.22. The Morgan fingerprint density at radius 3 is 1.51 bits per heavy atom. The molecule has 0 spiro atoms. The van der Waals surface area contributed by atoms with E-state index < -0.39 is 40.0 Å². The predicted octanol–water partition coefficient (Wildman–Crippen LogP) is 10.5. The molecule has 0 aliphatic carbocycles. The van der Waals surface area contributed by atoms with Crippen LogP contribution in [0.5, 0.6) is 0 Å². The first-order valence-corrected chi connectivity index (χ1v) is 21.6. The van der Waals surface area contributed by atoms with Crippen LogP contribution in [-0.4, -0.2) is 53.1 Å². The van der Waals surface area contributed by atoms with Gasteiger partial charge in [0.1, 0.15) is 6.10 Å². The number of carbonyl (C=O) groups is 1. The van der Waals surface area contributed by atoms with Gasteiger partial charge in [0.25, 0.3) is 10.1 Å². The van der Waals surface area contributed by atoms with E-state index >= 15 is 0 Å². The van der Waals surface area contributed by atoms with E-state index in [1.165, 1.54) is 102 Å². The summed E-state index contributed by atoms with van der Waals surface area (Å²) in [6.07, 6.45) is 43.1. The largest absolute Gasteiger partial charge is 0.387 e. The molecule has 3 unspecified atom stereocenters. The lowest BCUT2D eigenvalue weighted by Crippen LogP contribution is -2.50. The zero-order valence-electron chi connectivity index (χ0n) is 31.4. The SMILES string of the molecule is CCCCC/C=C\C=C/CCCCCCCC(O)C(=O)NC(CS(=O)(=O)O)C(O)/C=C/CC/C=C/CCCCCCCCCCCCCC. The van der Waals surface area contributed by atoms with Crippen molar-refractivity contribution in [1.29, 1.82) is 0 Å². The summed E-state index contributed by atoms with van der Waals surface area (Å²) >= 11 is 0. The van der Waals surface area contributed by atoms with Crippen LogP contribution in [0.1, 0.15) is 181 Å². The Kier molecular flexibility index (Phi) is 33.5. The third-order valence-corrected chi connectivity index (χ3v) is 9.64. The molecule has 4 N–H and O–H groups in total. The zero-order valence-corrected chi connectivity index (χ0v) is 32.2. The number of aliphatic hydroxyl groups excluding tert-OH is 2. The number of amides is 1. The summed E-state index contributed by atoms with van der Waals surface area (Å²) in [4.78, 5) is 12.6. The number of rotatable bonds is 35. The molecule has 0 saturated carbocycles. The van der Waals surface area contributed by atoms with Crippen molar-refractivity contribution in [3.8, 4) is 0 Å². The molecule has 286 valence electrons. The third-order valence-electron chi connectivity index (χ3n) is 8.86. The van der Waals surface area contributed by atoms with Gasteiger partial charge in [-0.1, -0.05) is 172 Å². The summed E-state index contributed by atoms with van der Waals surface area (Å²) in [7, 11) is -4.45. The molecule has 0 heterocycles. The molecule has 0 aromatic rings. The molecule has 1 amide bonds. The Morgan fingerprint density at radius 1 is 0.571 bits per heavy atom. The first-order chi connectivity index (χ1) is 23.7. The van der Waals surface area contributed by atoms with Crippen LogP contribution in [0.25, 0.3) is 0 Å². The number of allylic oxidation sites excluding steroid dienone is 7. The van der Waals surface area contributed by atoms with Crippen LogP contribution in [0.3, 0.4) is 0 Å². The van der Waals surface area contributed by atoms with Gasteiger partial charge in [0.2, 0.25) is 5.91 Å². The van der Waals surface area contributed by atoms with Gasteiger partial charge >= 0.3 is 0 Å². The van der Waals surface area contributed by atoms with Crippen molar-refractivity contribution in [3.63, 3.8) is 0 Å². The summed E-state index contributed by atoms with van der Waals surface area (Å²) in [5.74, 6) is -1.58. The van der Waals surface area contributed by atoms with Crippen LogP contribution < -0.4 is 5.32 Å². The average molecular weight is 710 g/mol. The van der Waals surface area contributed by atoms with E-state index in [1.807, 2.05) is 0 Å². The molecule has 8 heteroatoms. The summed E-state index contributed by atoms with van der Waals surface area (Å²) in [6.45, 7) is 4.47. The predicted molar refractivity (Wildman–Crippen MR) is 208 cm³/mol. The number of aliphatic hydroxyl groups is 2.